The lowest BCUT2D eigenvalue weighted by Crippen LogP contribution is -2.11. The van der Waals surface area contributed by atoms with E-state index in [1.165, 1.54) is 48.5 Å². The summed E-state index contributed by atoms with van der Waals surface area (Å²) in [5.41, 5.74) is 1.82. The van der Waals surface area contributed by atoms with E-state index in [0.717, 1.165) is 0 Å². The molecule has 2 aromatic carbocycles. The molecule has 0 unspecified atom stereocenters. The van der Waals surface area contributed by atoms with Crippen molar-refractivity contribution in [2.75, 3.05) is 7.11 Å². The topological polar surface area (TPSA) is 70.4 Å². The molecule has 0 aliphatic carbocycles. The number of carbonyl (C=O) groups is 2. The van der Waals surface area contributed by atoms with Gasteiger partial charge in [0.25, 0.3) is 0 Å². The van der Waals surface area contributed by atoms with Crippen LogP contribution in [0.3, 0.4) is 0 Å². The molecule has 0 amide bonds. The molecule has 1 aromatic heterocycles. The first kappa shape index (κ1) is 17.3. The maximum atomic E-state index is 13.1. The molecule has 6 nitrogen and oxygen atoms in total. The average Bonchev–Trinajstić information content (AvgIpc) is 3.16. The molecule has 0 radical (unpaired) electrons. The Morgan fingerprint density at radius 1 is 1.12 bits per heavy atom. The van der Waals surface area contributed by atoms with Crippen LogP contribution < -0.4 is 0 Å². The first-order chi connectivity index (χ1) is 12.6. The van der Waals surface area contributed by atoms with Gasteiger partial charge in [0.15, 0.2) is 5.69 Å². The van der Waals surface area contributed by atoms with Gasteiger partial charge in [-0.15, -0.1) is 0 Å². The quantitative estimate of drug-likeness (QED) is 0.658. The van der Waals surface area contributed by atoms with Crippen LogP contribution in [-0.2, 0) is 16.1 Å². The zero-order valence-corrected chi connectivity index (χ0v) is 13.9. The highest BCUT2D eigenvalue weighted by atomic mass is 19.1. The number of aromatic nitrogens is 2. The molecular formula is C19H15FN2O4. The summed E-state index contributed by atoms with van der Waals surface area (Å²) in [5, 5.41) is 0. The molecule has 3 aromatic rings. The molecule has 0 bridgehead atoms. The van der Waals surface area contributed by atoms with Gasteiger partial charge in [-0.05, 0) is 42.0 Å². The molecule has 0 saturated carbocycles. The van der Waals surface area contributed by atoms with E-state index in [-0.39, 0.29) is 18.1 Å². The summed E-state index contributed by atoms with van der Waals surface area (Å²) in [6.45, 7) is -0.0156. The van der Waals surface area contributed by atoms with Crippen LogP contribution in [-0.4, -0.2) is 28.6 Å². The number of esters is 2. The van der Waals surface area contributed by atoms with Crippen molar-refractivity contribution in [3.8, 4) is 5.69 Å². The number of nitrogens with zero attached hydrogens (tertiary/aromatic N) is 2. The predicted octanol–water partition coefficient (Wildman–Crippen LogP) is 3.16. The molecule has 0 aliphatic heterocycles. The minimum absolute atomic E-state index is 0.0156. The van der Waals surface area contributed by atoms with Crippen LogP contribution in [0.1, 0.15) is 26.4 Å². The van der Waals surface area contributed by atoms with E-state index in [1.54, 1.807) is 24.3 Å². The largest absolute Gasteiger partial charge is 0.465 e. The fourth-order valence-corrected chi connectivity index (χ4v) is 2.38. The Labute approximate surface area is 148 Å². The Morgan fingerprint density at radius 3 is 2.62 bits per heavy atom. The van der Waals surface area contributed by atoms with E-state index in [9.17, 15) is 14.0 Å². The van der Waals surface area contributed by atoms with Gasteiger partial charge in [-0.3, -0.25) is 4.57 Å². The van der Waals surface area contributed by atoms with Crippen LogP contribution in [0.5, 0.6) is 0 Å². The predicted molar refractivity (Wildman–Crippen MR) is 90.4 cm³/mol. The Morgan fingerprint density at radius 2 is 1.88 bits per heavy atom. The molecule has 0 N–H and O–H groups in total. The number of carbonyl (C=O) groups excluding carboxylic acids is 2. The van der Waals surface area contributed by atoms with Crippen molar-refractivity contribution in [1.29, 1.82) is 0 Å². The molecule has 0 spiro atoms. The van der Waals surface area contributed by atoms with Crippen LogP contribution in [0.25, 0.3) is 5.69 Å². The number of hydrogen-bond acceptors (Lipinski definition) is 5. The molecule has 26 heavy (non-hydrogen) atoms. The minimum Gasteiger partial charge on any atom is -0.465 e. The lowest BCUT2D eigenvalue weighted by Gasteiger charge is -2.09. The molecule has 132 valence electrons. The summed E-state index contributed by atoms with van der Waals surface area (Å²) in [7, 11) is 1.30. The number of rotatable bonds is 5. The van der Waals surface area contributed by atoms with Crippen LogP contribution in [0.15, 0.2) is 61.1 Å². The lowest BCUT2D eigenvalue weighted by atomic mass is 10.1. The van der Waals surface area contributed by atoms with Gasteiger partial charge < -0.3 is 9.47 Å². The van der Waals surface area contributed by atoms with Crippen molar-refractivity contribution < 1.29 is 23.5 Å². The summed E-state index contributed by atoms with van der Waals surface area (Å²) < 4.78 is 24.5. The number of benzene rings is 2. The molecule has 0 fully saturated rings. The van der Waals surface area contributed by atoms with Crippen LogP contribution in [0.2, 0.25) is 0 Å². The van der Waals surface area contributed by atoms with Gasteiger partial charge in [-0.1, -0.05) is 12.1 Å². The van der Waals surface area contributed by atoms with Gasteiger partial charge in [0.05, 0.1) is 25.2 Å². The van der Waals surface area contributed by atoms with Gasteiger partial charge in [0.2, 0.25) is 0 Å². The van der Waals surface area contributed by atoms with Crippen molar-refractivity contribution >= 4 is 11.9 Å². The number of imidazole rings is 1. The Bertz CT molecular complexity index is 935. The molecule has 3 rings (SSSR count). The summed E-state index contributed by atoms with van der Waals surface area (Å²) in [5.74, 6) is -1.42. The first-order valence-electron chi connectivity index (χ1n) is 7.71. The second-order valence-electron chi connectivity index (χ2n) is 5.39. The highest BCUT2D eigenvalue weighted by Gasteiger charge is 2.15. The maximum absolute atomic E-state index is 13.1. The molecule has 7 heteroatoms. The van der Waals surface area contributed by atoms with Gasteiger partial charge in [-0.2, -0.15) is 0 Å². The fraction of sp³-hybridized carbons (Fsp3) is 0.105. The average molecular weight is 354 g/mol. The molecule has 0 saturated heterocycles. The van der Waals surface area contributed by atoms with E-state index < -0.39 is 11.9 Å². The molecule has 1 heterocycles. The zero-order chi connectivity index (χ0) is 18.5. The highest BCUT2D eigenvalue weighted by molar-refractivity contribution is 5.89. The molecule has 0 aliphatic rings. The van der Waals surface area contributed by atoms with E-state index in [1.807, 2.05) is 0 Å². The first-order valence-corrected chi connectivity index (χ1v) is 7.71. The van der Waals surface area contributed by atoms with Crippen LogP contribution >= 0.6 is 0 Å². The van der Waals surface area contributed by atoms with Gasteiger partial charge in [0, 0.05) is 5.69 Å². The van der Waals surface area contributed by atoms with Crippen LogP contribution in [0, 0.1) is 5.82 Å². The van der Waals surface area contributed by atoms with Crippen molar-refractivity contribution in [2.24, 2.45) is 0 Å². The maximum Gasteiger partial charge on any atom is 0.357 e. The smallest absolute Gasteiger partial charge is 0.357 e. The Kier molecular flexibility index (Phi) is 5.07. The van der Waals surface area contributed by atoms with Gasteiger partial charge in [0.1, 0.15) is 12.4 Å². The normalized spacial score (nSPS) is 10.4. The number of halogens is 1. The van der Waals surface area contributed by atoms with E-state index >= 15 is 0 Å². The summed E-state index contributed by atoms with van der Waals surface area (Å²) in [6, 6.07) is 12.3. The standard InChI is InChI=1S/C19H15FN2O4/c1-25-18(23)14-4-2-3-13(9-14)11-26-19(24)17-10-21-12-22(17)16-7-5-15(20)6-8-16/h2-10,12H,11H2,1H3. The fourth-order valence-electron chi connectivity index (χ4n) is 2.38. The third-order valence-corrected chi connectivity index (χ3v) is 3.67. The van der Waals surface area contributed by atoms with Gasteiger partial charge in [-0.25, -0.2) is 19.0 Å². The van der Waals surface area contributed by atoms with E-state index in [4.69, 9.17) is 4.74 Å². The van der Waals surface area contributed by atoms with Gasteiger partial charge >= 0.3 is 11.9 Å². The number of methoxy groups -OCH3 is 1. The summed E-state index contributed by atoms with van der Waals surface area (Å²) in [6.07, 6.45) is 2.82. The van der Waals surface area contributed by atoms with Crippen molar-refractivity contribution in [3.63, 3.8) is 0 Å². The highest BCUT2D eigenvalue weighted by Crippen LogP contribution is 2.14. The Hall–Kier alpha value is -3.48. The number of ether oxygens (including phenoxy) is 2. The van der Waals surface area contributed by atoms with Crippen molar-refractivity contribution in [3.05, 3.63) is 83.7 Å². The van der Waals surface area contributed by atoms with E-state index in [0.29, 0.717) is 16.8 Å². The monoisotopic (exact) mass is 354 g/mol. The second-order valence-corrected chi connectivity index (χ2v) is 5.39. The third-order valence-electron chi connectivity index (χ3n) is 3.67. The van der Waals surface area contributed by atoms with Crippen LogP contribution in [0.4, 0.5) is 4.39 Å². The lowest BCUT2D eigenvalue weighted by molar-refractivity contribution is 0.0463. The van der Waals surface area contributed by atoms with Crippen molar-refractivity contribution in [2.45, 2.75) is 6.61 Å². The third kappa shape index (κ3) is 3.77. The SMILES string of the molecule is COC(=O)c1cccc(COC(=O)c2cncn2-c2ccc(F)cc2)c1. The Balaban J connectivity index is 1.73. The second kappa shape index (κ2) is 7.60. The molecule has 0 atom stereocenters. The molecular weight excluding hydrogens is 339 g/mol. The minimum atomic E-state index is -0.588. The van der Waals surface area contributed by atoms with Crippen molar-refractivity contribution in [1.82, 2.24) is 9.55 Å². The number of hydrogen-bond donors (Lipinski definition) is 0. The van der Waals surface area contributed by atoms with E-state index in [2.05, 4.69) is 9.72 Å². The zero-order valence-electron chi connectivity index (χ0n) is 13.9. The summed E-state index contributed by atoms with van der Waals surface area (Å²) in [4.78, 5) is 27.9. The summed E-state index contributed by atoms with van der Waals surface area (Å²) >= 11 is 0.